The fourth-order valence-corrected chi connectivity index (χ4v) is 3.64. The maximum atomic E-state index is 12.5. The number of hydrogen-bond donors (Lipinski definition) is 1. The average molecular weight is 381 g/mol. The van der Waals surface area contributed by atoms with Crippen molar-refractivity contribution in [1.29, 1.82) is 0 Å². The fourth-order valence-electron chi connectivity index (χ4n) is 2.05. The number of thioether (sulfide) groups is 1. The topological polar surface area (TPSA) is 81.7 Å². The minimum absolute atomic E-state index is 0.116. The Morgan fingerprint density at radius 3 is 2.60 bits per heavy atom. The predicted octanol–water partition coefficient (Wildman–Crippen LogP) is 3.07. The maximum absolute atomic E-state index is 12.5. The highest BCUT2D eigenvalue weighted by Gasteiger charge is 2.16. The van der Waals surface area contributed by atoms with Crippen molar-refractivity contribution >= 4 is 33.4 Å². The Hall–Kier alpha value is -2.19. The summed E-state index contributed by atoms with van der Waals surface area (Å²) in [5.74, 6) is -0.0832. The molecule has 0 saturated heterocycles. The first kappa shape index (κ1) is 19.1. The van der Waals surface area contributed by atoms with Crippen molar-refractivity contribution in [1.82, 2.24) is 0 Å². The van der Waals surface area contributed by atoms with E-state index in [-0.39, 0.29) is 11.5 Å². The second-order valence-electron chi connectivity index (χ2n) is 5.13. The maximum Gasteiger partial charge on any atom is 0.343 e. The van der Waals surface area contributed by atoms with E-state index in [0.29, 0.717) is 17.0 Å². The van der Waals surface area contributed by atoms with Crippen LogP contribution < -0.4 is 9.46 Å². The highest BCUT2D eigenvalue weighted by Crippen LogP contribution is 2.25. The summed E-state index contributed by atoms with van der Waals surface area (Å²) < 4.78 is 37.5. The van der Waals surface area contributed by atoms with E-state index in [4.69, 9.17) is 4.74 Å². The van der Waals surface area contributed by atoms with Crippen LogP contribution in [0.1, 0.15) is 5.56 Å². The molecule has 0 aliphatic carbocycles. The van der Waals surface area contributed by atoms with Gasteiger partial charge in [-0.15, -0.1) is 11.8 Å². The molecule has 0 atom stereocenters. The number of methoxy groups -OCH3 is 1. The zero-order chi connectivity index (χ0) is 18.4. The van der Waals surface area contributed by atoms with Gasteiger partial charge >= 0.3 is 5.97 Å². The molecular formula is C17H19NO5S2. The van der Waals surface area contributed by atoms with Crippen LogP contribution in [0.5, 0.6) is 5.75 Å². The van der Waals surface area contributed by atoms with E-state index in [1.165, 1.54) is 37.1 Å². The van der Waals surface area contributed by atoms with Crippen molar-refractivity contribution in [3.8, 4) is 5.75 Å². The summed E-state index contributed by atoms with van der Waals surface area (Å²) in [5.41, 5.74) is 1.10. The molecule has 25 heavy (non-hydrogen) atoms. The lowest BCUT2D eigenvalue weighted by Crippen LogP contribution is -2.15. The molecule has 0 amide bonds. The van der Waals surface area contributed by atoms with Gasteiger partial charge in [0, 0.05) is 10.6 Å². The quantitative estimate of drug-likeness (QED) is 0.586. The van der Waals surface area contributed by atoms with Crippen molar-refractivity contribution in [3.05, 3.63) is 48.0 Å². The lowest BCUT2D eigenvalue weighted by molar-refractivity contribution is -0.142. The molecule has 2 rings (SSSR count). The number of aryl methyl sites for hydroxylation is 1. The molecule has 1 N–H and O–H groups in total. The van der Waals surface area contributed by atoms with Crippen molar-refractivity contribution in [2.45, 2.75) is 16.7 Å². The van der Waals surface area contributed by atoms with Crippen LogP contribution in [0.3, 0.4) is 0 Å². The molecule has 0 saturated carbocycles. The Labute approximate surface area is 151 Å². The Balaban J connectivity index is 2.18. The summed E-state index contributed by atoms with van der Waals surface area (Å²) in [6, 6.07) is 11.6. The molecule has 2 aromatic rings. The second kappa shape index (κ2) is 8.26. The van der Waals surface area contributed by atoms with E-state index >= 15 is 0 Å². The summed E-state index contributed by atoms with van der Waals surface area (Å²) in [6.45, 7) is 1.48. The number of esters is 1. The second-order valence-corrected chi connectivity index (χ2v) is 7.69. The van der Waals surface area contributed by atoms with Gasteiger partial charge in [-0.3, -0.25) is 4.72 Å². The van der Waals surface area contributed by atoms with Gasteiger partial charge < -0.3 is 9.47 Å². The molecule has 134 valence electrons. The van der Waals surface area contributed by atoms with Gasteiger partial charge in [-0.05, 0) is 55.1 Å². The Bertz CT molecular complexity index is 865. The highest BCUT2D eigenvalue weighted by molar-refractivity contribution is 7.98. The van der Waals surface area contributed by atoms with E-state index < -0.39 is 16.0 Å². The van der Waals surface area contributed by atoms with Crippen LogP contribution in [0, 0.1) is 6.92 Å². The summed E-state index contributed by atoms with van der Waals surface area (Å²) in [7, 11) is -2.45. The number of sulfonamides is 1. The minimum Gasteiger partial charge on any atom is -0.482 e. The molecule has 8 heteroatoms. The first-order valence-corrected chi connectivity index (χ1v) is 10.0. The van der Waals surface area contributed by atoms with Crippen LogP contribution >= 0.6 is 11.8 Å². The molecular weight excluding hydrogens is 362 g/mol. The number of rotatable bonds is 7. The molecule has 0 aliphatic rings. The number of carbonyl (C=O) groups excluding carboxylic acids is 1. The predicted molar refractivity (Wildman–Crippen MR) is 97.7 cm³/mol. The number of hydrogen-bond acceptors (Lipinski definition) is 6. The lowest BCUT2D eigenvalue weighted by Gasteiger charge is -2.12. The summed E-state index contributed by atoms with van der Waals surface area (Å²) in [4.78, 5) is 12.2. The third-order valence-corrected chi connectivity index (χ3v) is 5.46. The van der Waals surface area contributed by atoms with Crippen molar-refractivity contribution in [2.75, 3.05) is 24.7 Å². The van der Waals surface area contributed by atoms with Crippen LogP contribution in [0.15, 0.2) is 52.3 Å². The van der Waals surface area contributed by atoms with Gasteiger partial charge in [0.2, 0.25) is 0 Å². The highest BCUT2D eigenvalue weighted by atomic mass is 32.2. The van der Waals surface area contributed by atoms with Crippen molar-refractivity contribution < 1.29 is 22.7 Å². The average Bonchev–Trinajstić information content (AvgIpc) is 2.60. The van der Waals surface area contributed by atoms with Gasteiger partial charge in [0.15, 0.2) is 6.61 Å². The Kier molecular flexibility index (Phi) is 6.33. The van der Waals surface area contributed by atoms with Crippen molar-refractivity contribution in [2.24, 2.45) is 0 Å². The third kappa shape index (κ3) is 5.14. The molecule has 0 spiro atoms. The molecule has 6 nitrogen and oxygen atoms in total. The summed E-state index contributed by atoms with van der Waals surface area (Å²) in [5, 5.41) is 0. The summed E-state index contributed by atoms with van der Waals surface area (Å²) >= 11 is 1.53. The van der Waals surface area contributed by atoms with Gasteiger partial charge in [-0.2, -0.15) is 0 Å². The Morgan fingerprint density at radius 1 is 1.20 bits per heavy atom. The van der Waals surface area contributed by atoms with E-state index in [1.54, 1.807) is 25.1 Å². The fraction of sp³-hybridized carbons (Fsp3) is 0.235. The van der Waals surface area contributed by atoms with Crippen LogP contribution in [0.4, 0.5) is 5.69 Å². The zero-order valence-corrected chi connectivity index (χ0v) is 15.7. The number of carbonyl (C=O) groups is 1. The molecule has 0 aliphatic heterocycles. The smallest absolute Gasteiger partial charge is 0.343 e. The molecule has 2 aromatic carbocycles. The van der Waals surface area contributed by atoms with Crippen LogP contribution in [0.25, 0.3) is 0 Å². The zero-order valence-electron chi connectivity index (χ0n) is 14.1. The lowest BCUT2D eigenvalue weighted by atomic mass is 10.2. The molecule has 0 bridgehead atoms. The van der Waals surface area contributed by atoms with Crippen LogP contribution in [0.2, 0.25) is 0 Å². The normalized spacial score (nSPS) is 11.0. The SMILES string of the molecule is COC(=O)COc1ccc(S(=O)(=O)Nc2cccc(SC)c2)cc1C. The van der Waals surface area contributed by atoms with E-state index in [1.807, 2.05) is 12.3 Å². The standard InChI is InChI=1S/C17H19NO5S2/c1-12-9-15(7-8-16(12)23-11-17(19)22-2)25(20,21)18-13-5-4-6-14(10-13)24-3/h4-10,18H,11H2,1-3H3. The molecule has 0 heterocycles. The van der Waals surface area contributed by atoms with E-state index in [9.17, 15) is 13.2 Å². The molecule has 0 aromatic heterocycles. The number of nitrogens with one attached hydrogen (secondary N) is 1. The minimum atomic E-state index is -3.72. The third-order valence-electron chi connectivity index (χ3n) is 3.35. The molecule has 0 radical (unpaired) electrons. The largest absolute Gasteiger partial charge is 0.482 e. The number of anilines is 1. The van der Waals surface area contributed by atoms with E-state index in [0.717, 1.165) is 4.90 Å². The number of benzene rings is 2. The molecule has 0 fully saturated rings. The van der Waals surface area contributed by atoms with E-state index in [2.05, 4.69) is 9.46 Å². The van der Waals surface area contributed by atoms with Gasteiger partial charge in [-0.1, -0.05) is 6.07 Å². The van der Waals surface area contributed by atoms with Crippen molar-refractivity contribution in [3.63, 3.8) is 0 Å². The van der Waals surface area contributed by atoms with Gasteiger partial charge in [-0.25, -0.2) is 13.2 Å². The summed E-state index contributed by atoms with van der Waals surface area (Å²) in [6.07, 6.45) is 1.92. The van der Waals surface area contributed by atoms with Crippen LogP contribution in [-0.4, -0.2) is 34.4 Å². The molecule has 0 unspecified atom stereocenters. The first-order valence-electron chi connectivity index (χ1n) is 7.33. The Morgan fingerprint density at radius 2 is 1.96 bits per heavy atom. The van der Waals surface area contributed by atoms with Gasteiger partial charge in [0.1, 0.15) is 5.75 Å². The monoisotopic (exact) mass is 381 g/mol. The van der Waals surface area contributed by atoms with Gasteiger partial charge in [0.05, 0.1) is 12.0 Å². The first-order chi connectivity index (χ1) is 11.9. The van der Waals surface area contributed by atoms with Gasteiger partial charge in [0.25, 0.3) is 10.0 Å². The number of ether oxygens (including phenoxy) is 2. The van der Waals surface area contributed by atoms with Crippen LogP contribution in [-0.2, 0) is 19.6 Å².